The fourth-order valence-electron chi connectivity index (χ4n) is 3.64. The van der Waals surface area contributed by atoms with Crippen molar-refractivity contribution in [3.05, 3.63) is 72.3 Å². The van der Waals surface area contributed by atoms with Crippen molar-refractivity contribution >= 4 is 43.7 Å². The minimum Gasteiger partial charge on any atom is -0.302 e. The van der Waals surface area contributed by atoms with E-state index in [1.807, 2.05) is 0 Å². The van der Waals surface area contributed by atoms with E-state index < -0.39 is 44.8 Å². The summed E-state index contributed by atoms with van der Waals surface area (Å²) < 4.78 is 70.9. The van der Waals surface area contributed by atoms with Crippen molar-refractivity contribution in [2.24, 2.45) is 0 Å². The maximum absolute atomic E-state index is 15.3. The van der Waals surface area contributed by atoms with E-state index in [0.717, 1.165) is 6.07 Å². The van der Waals surface area contributed by atoms with Crippen LogP contribution in [0, 0.1) is 11.6 Å². The molecule has 0 radical (unpaired) electrons. The Balaban J connectivity index is 2.26. The van der Waals surface area contributed by atoms with Crippen LogP contribution in [0.3, 0.4) is 0 Å². The number of hydrogen-bond acceptors (Lipinski definition) is 3. The Morgan fingerprint density at radius 2 is 1.26 bits per heavy atom. The highest BCUT2D eigenvalue weighted by Gasteiger charge is 2.28. The summed E-state index contributed by atoms with van der Waals surface area (Å²) in [5, 5.41) is 1.82. The Bertz CT molecular complexity index is 1370. The molecule has 0 heterocycles. The topological polar surface area (TPSA) is 63.6 Å². The molecule has 4 aromatic rings. The van der Waals surface area contributed by atoms with Crippen LogP contribution in [0.15, 0.2) is 70.5 Å². The molecule has 1 N–H and O–H groups in total. The molecule has 0 bridgehead atoms. The molecule has 0 aliphatic carbocycles. The highest BCUT2D eigenvalue weighted by Crippen LogP contribution is 2.43. The lowest BCUT2D eigenvalue weighted by molar-refractivity contribution is 0.269. The van der Waals surface area contributed by atoms with E-state index in [1.165, 1.54) is 6.07 Å². The Kier molecular flexibility index (Phi) is 5.98. The fourth-order valence-corrected chi connectivity index (χ4v) is 5.30. The highest BCUT2D eigenvalue weighted by molar-refractivity contribution is 7.80. The van der Waals surface area contributed by atoms with Crippen LogP contribution in [-0.4, -0.2) is 19.1 Å². The van der Waals surface area contributed by atoms with Crippen LogP contribution in [0.4, 0.5) is 8.78 Å². The van der Waals surface area contributed by atoms with Crippen molar-refractivity contribution in [1.29, 1.82) is 0 Å². The molecule has 0 aromatic heterocycles. The van der Waals surface area contributed by atoms with Gasteiger partial charge in [0.15, 0.2) is 22.2 Å². The third-order valence-electron chi connectivity index (χ3n) is 4.78. The second-order valence-electron chi connectivity index (χ2n) is 7.20. The van der Waals surface area contributed by atoms with Gasteiger partial charge in [0.2, 0.25) is 0 Å². The van der Waals surface area contributed by atoms with Crippen molar-refractivity contribution in [1.82, 2.24) is 0 Å². The molecule has 2 unspecified atom stereocenters. The zero-order valence-electron chi connectivity index (χ0n) is 16.6. The van der Waals surface area contributed by atoms with E-state index in [0.29, 0.717) is 21.5 Å². The van der Waals surface area contributed by atoms with Crippen LogP contribution in [-0.2, 0) is 26.3 Å². The first kappa shape index (κ1) is 21.7. The predicted octanol–water partition coefficient (Wildman–Crippen LogP) is 5.97. The number of fused-ring (bicyclic) bond motifs is 2. The van der Waals surface area contributed by atoms with E-state index in [2.05, 4.69) is 0 Å². The molecule has 0 fully saturated rings. The monoisotopic (exact) mass is 460 g/mol. The van der Waals surface area contributed by atoms with E-state index in [9.17, 15) is 13.0 Å². The first-order valence-corrected chi connectivity index (χ1v) is 11.6. The lowest BCUT2D eigenvalue weighted by atomic mass is 9.93. The van der Waals surface area contributed by atoms with Crippen LogP contribution >= 0.6 is 0 Å². The van der Waals surface area contributed by atoms with Gasteiger partial charge in [-0.05, 0) is 47.5 Å². The van der Waals surface area contributed by atoms with Gasteiger partial charge in [0.25, 0.3) is 0 Å². The first-order chi connectivity index (χ1) is 14.8. The normalized spacial score (nSPS) is 13.7. The SMILES string of the molecule is CC(C)OS(=O)c1c(F)cc2ccccc2c1-c1c(S(=O)O)c(F)cc2ccccc12. The molecule has 0 spiro atoms. The summed E-state index contributed by atoms with van der Waals surface area (Å²) in [6.45, 7) is 3.31. The first-order valence-electron chi connectivity index (χ1n) is 9.42. The lowest BCUT2D eigenvalue weighted by Crippen LogP contribution is -2.10. The smallest absolute Gasteiger partial charge is 0.193 e. The van der Waals surface area contributed by atoms with Gasteiger partial charge in [0.1, 0.15) is 21.4 Å². The van der Waals surface area contributed by atoms with Crippen LogP contribution in [0.1, 0.15) is 13.8 Å². The molecule has 160 valence electrons. The summed E-state index contributed by atoms with van der Waals surface area (Å²) in [5.74, 6) is -1.72. The third-order valence-corrected chi connectivity index (χ3v) is 6.82. The quantitative estimate of drug-likeness (QED) is 0.373. The van der Waals surface area contributed by atoms with Gasteiger partial charge in [-0.15, -0.1) is 0 Å². The molecule has 31 heavy (non-hydrogen) atoms. The predicted molar refractivity (Wildman–Crippen MR) is 118 cm³/mol. The average Bonchev–Trinajstić information content (AvgIpc) is 2.71. The van der Waals surface area contributed by atoms with Gasteiger partial charge >= 0.3 is 0 Å². The minimum atomic E-state index is -2.73. The van der Waals surface area contributed by atoms with Crippen molar-refractivity contribution in [2.75, 3.05) is 0 Å². The van der Waals surface area contributed by atoms with Gasteiger partial charge in [-0.25, -0.2) is 17.2 Å². The number of rotatable bonds is 5. The van der Waals surface area contributed by atoms with E-state index in [1.54, 1.807) is 62.4 Å². The Morgan fingerprint density at radius 3 is 1.74 bits per heavy atom. The molecule has 4 rings (SSSR count). The molecule has 0 amide bonds. The average molecular weight is 461 g/mol. The summed E-state index contributed by atoms with van der Waals surface area (Å²) in [4.78, 5) is -0.799. The fraction of sp³-hybridized carbons (Fsp3) is 0.130. The van der Waals surface area contributed by atoms with Crippen molar-refractivity contribution in [3.63, 3.8) is 0 Å². The van der Waals surface area contributed by atoms with Gasteiger partial charge in [-0.3, -0.25) is 4.18 Å². The zero-order valence-corrected chi connectivity index (χ0v) is 18.2. The van der Waals surface area contributed by atoms with Crippen molar-refractivity contribution in [2.45, 2.75) is 29.7 Å². The van der Waals surface area contributed by atoms with E-state index >= 15 is 8.78 Å². The van der Waals surface area contributed by atoms with Crippen LogP contribution in [0.2, 0.25) is 0 Å². The van der Waals surface area contributed by atoms with Crippen LogP contribution < -0.4 is 0 Å². The number of halogens is 2. The summed E-state index contributed by atoms with van der Waals surface area (Å²) in [5.41, 5.74) is 0.0884. The third kappa shape index (κ3) is 3.92. The minimum absolute atomic E-state index is 0.0165. The maximum Gasteiger partial charge on any atom is 0.193 e. The molecular weight excluding hydrogens is 442 g/mol. The summed E-state index contributed by atoms with van der Waals surface area (Å²) in [7, 11) is 0. The number of hydrogen-bond donors (Lipinski definition) is 1. The van der Waals surface area contributed by atoms with Gasteiger partial charge < -0.3 is 4.55 Å². The molecule has 8 heteroatoms. The van der Waals surface area contributed by atoms with Gasteiger partial charge in [0.05, 0.1) is 6.10 Å². The Morgan fingerprint density at radius 1 is 0.806 bits per heavy atom. The molecule has 0 aliphatic heterocycles. The van der Waals surface area contributed by atoms with Crippen molar-refractivity contribution in [3.8, 4) is 11.1 Å². The Labute approximate surface area is 182 Å². The molecular formula is C23H18F2O4S2. The highest BCUT2D eigenvalue weighted by atomic mass is 32.2. The summed E-state index contributed by atoms with van der Waals surface area (Å²) >= 11 is -4.97. The van der Waals surface area contributed by atoms with Crippen LogP contribution in [0.5, 0.6) is 0 Å². The van der Waals surface area contributed by atoms with Gasteiger partial charge in [-0.1, -0.05) is 48.5 Å². The summed E-state index contributed by atoms with van der Waals surface area (Å²) in [6.07, 6.45) is -0.477. The lowest BCUT2D eigenvalue weighted by Gasteiger charge is -2.19. The molecule has 4 aromatic carbocycles. The standard InChI is InChI=1S/C23H18F2O4S2/c1-13(2)29-31(28)23-19(25)12-15-8-4-6-10-17(15)21(23)20-16-9-5-3-7-14(16)11-18(24)22(20)30(26)27/h3-13H,1-2H3,(H,26,27). The molecule has 4 nitrogen and oxygen atoms in total. The summed E-state index contributed by atoms with van der Waals surface area (Å²) in [6, 6.07) is 15.8. The molecule has 0 saturated carbocycles. The van der Waals surface area contributed by atoms with Crippen LogP contribution in [0.25, 0.3) is 32.7 Å². The largest absolute Gasteiger partial charge is 0.302 e. The maximum atomic E-state index is 15.3. The molecule has 0 saturated heterocycles. The Hall–Kier alpha value is -2.52. The van der Waals surface area contributed by atoms with Gasteiger partial charge in [-0.2, -0.15) is 0 Å². The molecule has 2 atom stereocenters. The number of benzene rings is 4. The van der Waals surface area contributed by atoms with E-state index in [4.69, 9.17) is 4.18 Å². The second kappa shape index (κ2) is 8.55. The molecule has 0 aliphatic rings. The van der Waals surface area contributed by atoms with E-state index in [-0.39, 0.29) is 16.0 Å². The van der Waals surface area contributed by atoms with Crippen molar-refractivity contribution < 1.29 is 25.9 Å². The second-order valence-corrected chi connectivity index (χ2v) is 9.17. The van der Waals surface area contributed by atoms with Gasteiger partial charge in [0, 0.05) is 11.1 Å². The zero-order chi connectivity index (χ0) is 22.3.